The molecule has 1 heterocycles. The minimum absolute atomic E-state index is 0.778. The molecule has 0 unspecified atom stereocenters. The van der Waals surface area contributed by atoms with Crippen LogP contribution in [-0.4, -0.2) is 4.57 Å². The molecule has 7 aromatic rings. The Bertz CT molecular complexity index is 1860. The number of hydrogen-bond acceptors (Lipinski definition) is 0. The Morgan fingerprint density at radius 2 is 1.12 bits per heavy atom. The van der Waals surface area contributed by atoms with Crippen LogP contribution in [0.4, 0.5) is 0 Å². The lowest BCUT2D eigenvalue weighted by molar-refractivity contribution is 1.18. The standard InChI is InChI=1S/C32H20ClN/c33-29-20-31-32(27-10-4-3-9-26(27)29)28-11-5-6-12-30(28)34(31)25-17-15-22(16-18-25)24-14-13-21-7-1-2-8-23(21)19-24/h1-20H. The van der Waals surface area contributed by atoms with E-state index in [4.69, 9.17) is 11.6 Å². The Labute approximate surface area is 202 Å². The lowest BCUT2D eigenvalue weighted by atomic mass is 10.0. The van der Waals surface area contributed by atoms with Gasteiger partial charge in [0.15, 0.2) is 0 Å². The summed E-state index contributed by atoms with van der Waals surface area (Å²) in [4.78, 5) is 0. The van der Waals surface area contributed by atoms with Crippen LogP contribution >= 0.6 is 11.6 Å². The largest absolute Gasteiger partial charge is 0.309 e. The quantitative estimate of drug-likeness (QED) is 0.245. The predicted octanol–water partition coefficient (Wildman–Crippen LogP) is 9.41. The van der Waals surface area contributed by atoms with E-state index in [1.165, 1.54) is 43.6 Å². The van der Waals surface area contributed by atoms with E-state index < -0.39 is 0 Å². The van der Waals surface area contributed by atoms with Crippen molar-refractivity contribution < 1.29 is 0 Å². The molecule has 6 aromatic carbocycles. The Morgan fingerprint density at radius 1 is 0.471 bits per heavy atom. The van der Waals surface area contributed by atoms with Gasteiger partial charge in [0, 0.05) is 21.8 Å². The molecule has 160 valence electrons. The van der Waals surface area contributed by atoms with Crippen LogP contribution < -0.4 is 0 Å². The predicted molar refractivity (Wildman–Crippen MR) is 146 cm³/mol. The van der Waals surface area contributed by atoms with Gasteiger partial charge in [0.05, 0.1) is 16.1 Å². The summed E-state index contributed by atoms with van der Waals surface area (Å²) < 4.78 is 2.33. The van der Waals surface area contributed by atoms with Crippen LogP contribution in [0.5, 0.6) is 0 Å². The van der Waals surface area contributed by atoms with Crippen molar-refractivity contribution in [2.45, 2.75) is 0 Å². The second-order valence-electron chi connectivity index (χ2n) is 8.76. The monoisotopic (exact) mass is 453 g/mol. The molecule has 2 heteroatoms. The van der Waals surface area contributed by atoms with Crippen LogP contribution in [0.15, 0.2) is 121 Å². The summed E-state index contributed by atoms with van der Waals surface area (Å²) in [5, 5.41) is 8.06. The maximum Gasteiger partial charge on any atom is 0.0562 e. The fraction of sp³-hybridized carbons (Fsp3) is 0. The van der Waals surface area contributed by atoms with Gasteiger partial charge in [-0.25, -0.2) is 0 Å². The Balaban J connectivity index is 1.45. The first kappa shape index (κ1) is 19.4. The minimum Gasteiger partial charge on any atom is -0.309 e. The third-order valence-corrected chi connectivity index (χ3v) is 7.15. The van der Waals surface area contributed by atoms with Crippen LogP contribution in [0.2, 0.25) is 5.02 Å². The molecule has 0 saturated heterocycles. The molecule has 0 aliphatic rings. The fourth-order valence-electron chi connectivity index (χ4n) is 5.24. The molecule has 0 atom stereocenters. The van der Waals surface area contributed by atoms with Crippen LogP contribution in [-0.2, 0) is 0 Å². The average molecular weight is 454 g/mol. The van der Waals surface area contributed by atoms with Gasteiger partial charge < -0.3 is 4.57 Å². The second kappa shape index (κ2) is 7.48. The Morgan fingerprint density at radius 3 is 1.94 bits per heavy atom. The summed E-state index contributed by atoms with van der Waals surface area (Å²) in [6.45, 7) is 0. The molecule has 0 spiro atoms. The van der Waals surface area contributed by atoms with E-state index in [1.807, 2.05) is 6.07 Å². The number of hydrogen-bond donors (Lipinski definition) is 0. The van der Waals surface area contributed by atoms with Gasteiger partial charge in [-0.3, -0.25) is 0 Å². The second-order valence-corrected chi connectivity index (χ2v) is 9.17. The van der Waals surface area contributed by atoms with Gasteiger partial charge in [-0.15, -0.1) is 0 Å². The average Bonchev–Trinajstić information content (AvgIpc) is 3.23. The molecule has 0 amide bonds. The van der Waals surface area contributed by atoms with Gasteiger partial charge in [-0.2, -0.15) is 0 Å². The first-order valence-electron chi connectivity index (χ1n) is 11.5. The number of nitrogens with zero attached hydrogens (tertiary/aromatic N) is 1. The molecule has 7 rings (SSSR count). The summed E-state index contributed by atoms with van der Waals surface area (Å²) in [6.07, 6.45) is 0. The highest BCUT2D eigenvalue weighted by atomic mass is 35.5. The van der Waals surface area contributed by atoms with Crippen molar-refractivity contribution in [3.05, 3.63) is 126 Å². The van der Waals surface area contributed by atoms with Gasteiger partial charge in [0.1, 0.15) is 0 Å². The zero-order valence-electron chi connectivity index (χ0n) is 18.4. The fourth-order valence-corrected chi connectivity index (χ4v) is 5.50. The molecule has 0 saturated carbocycles. The molecule has 0 aliphatic heterocycles. The topological polar surface area (TPSA) is 4.93 Å². The van der Waals surface area contributed by atoms with Crippen molar-refractivity contribution in [1.29, 1.82) is 0 Å². The summed E-state index contributed by atoms with van der Waals surface area (Å²) in [5.74, 6) is 0. The maximum atomic E-state index is 6.76. The van der Waals surface area contributed by atoms with Gasteiger partial charge in [0.25, 0.3) is 0 Å². The van der Waals surface area contributed by atoms with Crippen LogP contribution in [0.3, 0.4) is 0 Å². The van der Waals surface area contributed by atoms with Gasteiger partial charge in [-0.1, -0.05) is 103 Å². The van der Waals surface area contributed by atoms with Crippen molar-refractivity contribution in [2.24, 2.45) is 0 Å². The third kappa shape index (κ3) is 2.88. The first-order chi connectivity index (χ1) is 16.8. The number of halogens is 1. The van der Waals surface area contributed by atoms with E-state index in [9.17, 15) is 0 Å². The zero-order valence-corrected chi connectivity index (χ0v) is 19.1. The van der Waals surface area contributed by atoms with E-state index in [2.05, 4.69) is 120 Å². The van der Waals surface area contributed by atoms with E-state index in [0.717, 1.165) is 21.6 Å². The van der Waals surface area contributed by atoms with E-state index in [1.54, 1.807) is 0 Å². The smallest absolute Gasteiger partial charge is 0.0562 e. The van der Waals surface area contributed by atoms with Crippen molar-refractivity contribution in [3.8, 4) is 16.8 Å². The van der Waals surface area contributed by atoms with Gasteiger partial charge >= 0.3 is 0 Å². The molecule has 0 N–H and O–H groups in total. The van der Waals surface area contributed by atoms with Crippen molar-refractivity contribution in [1.82, 2.24) is 4.57 Å². The van der Waals surface area contributed by atoms with Crippen LogP contribution in [0, 0.1) is 0 Å². The lowest BCUT2D eigenvalue weighted by Crippen LogP contribution is -1.94. The van der Waals surface area contributed by atoms with Crippen molar-refractivity contribution in [3.63, 3.8) is 0 Å². The van der Waals surface area contributed by atoms with E-state index >= 15 is 0 Å². The SMILES string of the molecule is Clc1cc2c(c3ccccc13)c1ccccc1n2-c1ccc(-c2ccc3ccccc3c2)cc1. The van der Waals surface area contributed by atoms with Crippen molar-refractivity contribution >= 4 is 55.0 Å². The lowest BCUT2D eigenvalue weighted by Gasteiger charge is -2.11. The number of aromatic nitrogens is 1. The summed E-state index contributed by atoms with van der Waals surface area (Å²) >= 11 is 6.76. The molecule has 34 heavy (non-hydrogen) atoms. The minimum atomic E-state index is 0.778. The van der Waals surface area contributed by atoms with Gasteiger partial charge in [-0.05, 0) is 57.6 Å². The zero-order chi connectivity index (χ0) is 22.6. The highest BCUT2D eigenvalue weighted by molar-refractivity contribution is 6.38. The molecule has 1 nitrogen and oxygen atoms in total. The maximum absolute atomic E-state index is 6.76. The number of fused-ring (bicyclic) bond motifs is 6. The number of benzene rings is 6. The highest BCUT2D eigenvalue weighted by Crippen LogP contribution is 2.40. The molecular formula is C32H20ClN. The highest BCUT2D eigenvalue weighted by Gasteiger charge is 2.16. The molecule has 0 aliphatic carbocycles. The summed E-state index contributed by atoms with van der Waals surface area (Å²) in [6, 6.07) is 43.1. The van der Waals surface area contributed by atoms with Crippen LogP contribution in [0.25, 0.3) is 60.2 Å². The van der Waals surface area contributed by atoms with E-state index in [0.29, 0.717) is 0 Å². The first-order valence-corrected chi connectivity index (χ1v) is 11.9. The van der Waals surface area contributed by atoms with Crippen molar-refractivity contribution in [2.75, 3.05) is 0 Å². The van der Waals surface area contributed by atoms with E-state index in [-0.39, 0.29) is 0 Å². The normalized spacial score (nSPS) is 11.7. The molecular weight excluding hydrogens is 434 g/mol. The summed E-state index contributed by atoms with van der Waals surface area (Å²) in [7, 11) is 0. The summed E-state index contributed by atoms with van der Waals surface area (Å²) in [5.41, 5.74) is 5.87. The Hall–Kier alpha value is -4.07. The molecule has 0 bridgehead atoms. The molecule has 0 fully saturated rings. The van der Waals surface area contributed by atoms with Gasteiger partial charge in [0.2, 0.25) is 0 Å². The number of rotatable bonds is 2. The molecule has 1 aromatic heterocycles. The molecule has 0 radical (unpaired) electrons. The van der Waals surface area contributed by atoms with Crippen LogP contribution in [0.1, 0.15) is 0 Å². The Kier molecular flexibility index (Phi) is 4.27. The third-order valence-electron chi connectivity index (χ3n) is 6.84. The number of para-hydroxylation sites is 1.